The van der Waals surface area contributed by atoms with Crippen LogP contribution in [0.5, 0.6) is 5.75 Å². The molecule has 1 fully saturated rings. The number of guanidine groups is 1. The van der Waals surface area contributed by atoms with Gasteiger partial charge in [-0.2, -0.15) is 13.2 Å². The molecule has 0 radical (unpaired) electrons. The summed E-state index contributed by atoms with van der Waals surface area (Å²) in [4.78, 5) is 5.86. The first-order valence-electron chi connectivity index (χ1n) is 8.89. The molecule has 1 aliphatic heterocycles. The molecule has 1 heterocycles. The zero-order chi connectivity index (χ0) is 19.0. The Morgan fingerprint density at radius 1 is 1.37 bits per heavy atom. The lowest BCUT2D eigenvalue weighted by atomic mass is 10.2. The Morgan fingerprint density at radius 2 is 2.15 bits per heavy atom. The first-order chi connectivity index (χ1) is 12.4. The molecule has 9 heteroatoms. The fourth-order valence-electron chi connectivity index (χ4n) is 2.89. The number of rotatable bonds is 7. The summed E-state index contributed by atoms with van der Waals surface area (Å²) in [6.07, 6.45) is -3.49. The zero-order valence-corrected chi connectivity index (χ0v) is 18.0. The Labute approximate surface area is 175 Å². The van der Waals surface area contributed by atoms with Crippen LogP contribution in [0.2, 0.25) is 0 Å². The van der Waals surface area contributed by atoms with E-state index in [9.17, 15) is 13.2 Å². The predicted molar refractivity (Wildman–Crippen MR) is 112 cm³/mol. The SMILES string of the molecule is CCNC(=NCCOc1cccc(C)c1)NC1CCN(CC(F)(F)F)C1.I. The number of hydrogen-bond donors (Lipinski definition) is 2. The maximum atomic E-state index is 12.5. The monoisotopic (exact) mass is 500 g/mol. The molecule has 1 unspecified atom stereocenters. The molecule has 0 amide bonds. The van der Waals surface area contributed by atoms with Crippen molar-refractivity contribution in [2.24, 2.45) is 4.99 Å². The first-order valence-corrected chi connectivity index (χ1v) is 8.89. The van der Waals surface area contributed by atoms with Gasteiger partial charge in [-0.1, -0.05) is 12.1 Å². The van der Waals surface area contributed by atoms with Crippen molar-refractivity contribution in [3.63, 3.8) is 0 Å². The molecule has 1 aromatic carbocycles. The predicted octanol–water partition coefficient (Wildman–Crippen LogP) is 3.18. The van der Waals surface area contributed by atoms with Gasteiger partial charge in [0, 0.05) is 25.7 Å². The Balaban J connectivity index is 0.00000364. The van der Waals surface area contributed by atoms with Gasteiger partial charge >= 0.3 is 6.18 Å². The van der Waals surface area contributed by atoms with Crippen molar-refractivity contribution in [2.45, 2.75) is 32.5 Å². The zero-order valence-electron chi connectivity index (χ0n) is 15.7. The van der Waals surface area contributed by atoms with Gasteiger partial charge in [0.2, 0.25) is 0 Å². The molecule has 1 aliphatic rings. The number of nitrogens with zero attached hydrogens (tertiary/aromatic N) is 2. The van der Waals surface area contributed by atoms with Gasteiger partial charge < -0.3 is 15.4 Å². The van der Waals surface area contributed by atoms with Crippen molar-refractivity contribution in [1.29, 1.82) is 0 Å². The third-order valence-corrected chi connectivity index (χ3v) is 3.98. The molecule has 2 N–H and O–H groups in total. The second kappa shape index (κ2) is 11.6. The number of aryl methyl sites for hydroxylation is 1. The van der Waals surface area contributed by atoms with Crippen molar-refractivity contribution in [3.05, 3.63) is 29.8 Å². The summed E-state index contributed by atoms with van der Waals surface area (Å²) in [6, 6.07) is 7.76. The summed E-state index contributed by atoms with van der Waals surface area (Å²) < 4.78 is 43.1. The maximum absolute atomic E-state index is 12.5. The molecule has 0 spiro atoms. The topological polar surface area (TPSA) is 48.9 Å². The fourth-order valence-corrected chi connectivity index (χ4v) is 2.89. The number of aliphatic imine (C=N–C) groups is 1. The molecule has 27 heavy (non-hydrogen) atoms. The highest BCUT2D eigenvalue weighted by Gasteiger charge is 2.34. The van der Waals surface area contributed by atoms with Gasteiger partial charge in [0.05, 0.1) is 13.1 Å². The summed E-state index contributed by atoms with van der Waals surface area (Å²) >= 11 is 0. The van der Waals surface area contributed by atoms with Crippen LogP contribution < -0.4 is 15.4 Å². The molecular weight excluding hydrogens is 472 g/mol. The van der Waals surface area contributed by atoms with Crippen LogP contribution >= 0.6 is 24.0 Å². The van der Waals surface area contributed by atoms with Gasteiger partial charge in [0.1, 0.15) is 12.4 Å². The van der Waals surface area contributed by atoms with Crippen LogP contribution in [-0.2, 0) is 0 Å². The summed E-state index contributed by atoms with van der Waals surface area (Å²) in [5.74, 6) is 1.41. The van der Waals surface area contributed by atoms with E-state index in [1.807, 2.05) is 38.1 Å². The molecular formula is C18H28F3IN4O. The van der Waals surface area contributed by atoms with Crippen LogP contribution in [0.1, 0.15) is 18.9 Å². The van der Waals surface area contributed by atoms with Crippen LogP contribution in [-0.4, -0.2) is 62.4 Å². The molecule has 0 bridgehead atoms. The number of nitrogens with one attached hydrogen (secondary N) is 2. The maximum Gasteiger partial charge on any atom is 0.401 e. The summed E-state index contributed by atoms with van der Waals surface area (Å²) in [6.45, 7) is 5.48. The number of hydrogen-bond acceptors (Lipinski definition) is 3. The van der Waals surface area contributed by atoms with E-state index in [2.05, 4.69) is 15.6 Å². The molecule has 1 saturated heterocycles. The smallest absolute Gasteiger partial charge is 0.401 e. The van der Waals surface area contributed by atoms with E-state index >= 15 is 0 Å². The van der Waals surface area contributed by atoms with E-state index in [4.69, 9.17) is 4.74 Å². The van der Waals surface area contributed by atoms with E-state index in [-0.39, 0.29) is 30.0 Å². The van der Waals surface area contributed by atoms with Crippen LogP contribution in [0, 0.1) is 6.92 Å². The van der Waals surface area contributed by atoms with Crippen molar-refractivity contribution in [3.8, 4) is 5.75 Å². The van der Waals surface area contributed by atoms with E-state index in [0.717, 1.165) is 11.3 Å². The average Bonchev–Trinajstić information content (AvgIpc) is 2.96. The van der Waals surface area contributed by atoms with Gasteiger partial charge in [-0.25, -0.2) is 4.99 Å². The summed E-state index contributed by atoms with van der Waals surface area (Å²) in [5, 5.41) is 6.34. The third kappa shape index (κ3) is 9.50. The highest BCUT2D eigenvalue weighted by molar-refractivity contribution is 14.0. The third-order valence-electron chi connectivity index (χ3n) is 3.98. The number of alkyl halides is 3. The molecule has 0 saturated carbocycles. The highest BCUT2D eigenvalue weighted by atomic mass is 127. The van der Waals surface area contributed by atoms with Gasteiger partial charge in [0.25, 0.3) is 0 Å². The van der Waals surface area contributed by atoms with Crippen LogP contribution in [0.4, 0.5) is 13.2 Å². The minimum absolute atomic E-state index is 0. The minimum Gasteiger partial charge on any atom is -0.492 e. The van der Waals surface area contributed by atoms with E-state index in [1.54, 1.807) is 0 Å². The Bertz CT molecular complexity index is 598. The summed E-state index contributed by atoms with van der Waals surface area (Å²) in [5.41, 5.74) is 1.13. The molecule has 2 rings (SSSR count). The van der Waals surface area contributed by atoms with Gasteiger partial charge in [-0.15, -0.1) is 24.0 Å². The van der Waals surface area contributed by atoms with Gasteiger partial charge in [-0.3, -0.25) is 4.90 Å². The van der Waals surface area contributed by atoms with Crippen molar-refractivity contribution >= 4 is 29.9 Å². The lowest BCUT2D eigenvalue weighted by Gasteiger charge is -2.19. The average molecular weight is 500 g/mol. The standard InChI is InChI=1S/C18H27F3N4O.HI/c1-3-22-17(23-8-10-26-16-6-4-5-14(2)11-16)24-15-7-9-25(12-15)13-18(19,20)21;/h4-6,11,15H,3,7-10,12-13H2,1-2H3,(H2,22,23,24);1H. The largest absolute Gasteiger partial charge is 0.492 e. The lowest BCUT2D eigenvalue weighted by Crippen LogP contribution is -2.45. The van der Waals surface area contributed by atoms with Crippen LogP contribution in [0.3, 0.4) is 0 Å². The second-order valence-electron chi connectivity index (χ2n) is 6.41. The van der Waals surface area contributed by atoms with Crippen molar-refractivity contribution in [2.75, 3.05) is 39.3 Å². The quantitative estimate of drug-likeness (QED) is 0.262. The van der Waals surface area contributed by atoms with E-state index < -0.39 is 12.7 Å². The first kappa shape index (κ1) is 23.8. The summed E-state index contributed by atoms with van der Waals surface area (Å²) in [7, 11) is 0. The normalized spacial score (nSPS) is 18.1. The molecule has 0 aromatic heterocycles. The number of benzene rings is 1. The Hall–Kier alpha value is -1.23. The van der Waals surface area contributed by atoms with Gasteiger partial charge in [-0.05, 0) is 38.0 Å². The van der Waals surface area contributed by atoms with E-state index in [0.29, 0.717) is 45.2 Å². The number of ether oxygens (including phenoxy) is 1. The molecule has 1 atom stereocenters. The fraction of sp³-hybridized carbons (Fsp3) is 0.611. The number of halogens is 4. The number of likely N-dealkylation sites (tertiary alicyclic amines) is 1. The van der Waals surface area contributed by atoms with Crippen LogP contribution in [0.15, 0.2) is 29.3 Å². The van der Waals surface area contributed by atoms with Gasteiger partial charge in [0.15, 0.2) is 5.96 Å². The Kier molecular flexibility index (Phi) is 10.2. The molecule has 0 aliphatic carbocycles. The van der Waals surface area contributed by atoms with Crippen molar-refractivity contribution in [1.82, 2.24) is 15.5 Å². The molecule has 154 valence electrons. The van der Waals surface area contributed by atoms with E-state index in [1.165, 1.54) is 4.90 Å². The molecule has 5 nitrogen and oxygen atoms in total. The minimum atomic E-state index is -4.15. The lowest BCUT2D eigenvalue weighted by molar-refractivity contribution is -0.143. The van der Waals surface area contributed by atoms with Crippen molar-refractivity contribution < 1.29 is 17.9 Å². The Morgan fingerprint density at radius 3 is 2.81 bits per heavy atom. The van der Waals surface area contributed by atoms with Crippen LogP contribution in [0.25, 0.3) is 0 Å². The molecule has 1 aromatic rings. The highest BCUT2D eigenvalue weighted by Crippen LogP contribution is 2.19. The second-order valence-corrected chi connectivity index (χ2v) is 6.41.